The monoisotopic (exact) mass is 254 g/mol. The molecule has 0 radical (unpaired) electrons. The van der Waals surface area contributed by atoms with Gasteiger partial charge in [-0.05, 0) is 13.8 Å². The van der Waals surface area contributed by atoms with Crippen LogP contribution in [0, 0.1) is 10.1 Å². The van der Waals surface area contributed by atoms with Gasteiger partial charge < -0.3 is 10.6 Å². The van der Waals surface area contributed by atoms with Crippen molar-refractivity contribution in [1.82, 2.24) is 20.4 Å². The highest BCUT2D eigenvalue weighted by molar-refractivity contribution is 5.79. The Morgan fingerprint density at radius 2 is 2.17 bits per heavy atom. The van der Waals surface area contributed by atoms with E-state index in [2.05, 4.69) is 20.7 Å². The van der Waals surface area contributed by atoms with Crippen molar-refractivity contribution in [2.75, 3.05) is 19.6 Å². The molecule has 0 aliphatic rings. The standard InChI is InChI=1S/C10H18N6O2/c1-3-11-10(12-4-2)13-5-6-15-8-9(7-14-15)16(17)18/h7-8H,3-6H2,1-2H3,(H2,11,12,13). The molecule has 0 aliphatic heterocycles. The second-order valence-corrected chi connectivity index (χ2v) is 3.51. The summed E-state index contributed by atoms with van der Waals surface area (Å²) in [5, 5.41) is 20.6. The minimum Gasteiger partial charge on any atom is -0.357 e. The number of aromatic nitrogens is 2. The summed E-state index contributed by atoms with van der Waals surface area (Å²) >= 11 is 0. The maximum Gasteiger partial charge on any atom is 0.306 e. The fourth-order valence-corrected chi connectivity index (χ4v) is 1.34. The van der Waals surface area contributed by atoms with Crippen LogP contribution in [0.2, 0.25) is 0 Å². The Morgan fingerprint density at radius 1 is 1.50 bits per heavy atom. The average Bonchev–Trinajstić information content (AvgIpc) is 2.78. The zero-order valence-electron chi connectivity index (χ0n) is 10.6. The van der Waals surface area contributed by atoms with Gasteiger partial charge in [0.1, 0.15) is 12.4 Å². The van der Waals surface area contributed by atoms with Gasteiger partial charge in [0, 0.05) is 13.1 Å². The summed E-state index contributed by atoms with van der Waals surface area (Å²) < 4.78 is 1.51. The molecule has 100 valence electrons. The molecular weight excluding hydrogens is 236 g/mol. The summed E-state index contributed by atoms with van der Waals surface area (Å²) in [6.07, 6.45) is 2.63. The molecule has 0 atom stereocenters. The lowest BCUT2D eigenvalue weighted by molar-refractivity contribution is -0.385. The topological polar surface area (TPSA) is 97.4 Å². The van der Waals surface area contributed by atoms with E-state index in [0.29, 0.717) is 13.1 Å². The Hall–Kier alpha value is -2.12. The maximum absolute atomic E-state index is 10.5. The summed E-state index contributed by atoms with van der Waals surface area (Å²) in [7, 11) is 0. The predicted molar refractivity (Wildman–Crippen MR) is 68.5 cm³/mol. The second kappa shape index (κ2) is 7.25. The van der Waals surface area contributed by atoms with Crippen LogP contribution in [-0.4, -0.2) is 40.3 Å². The van der Waals surface area contributed by atoms with Crippen LogP contribution < -0.4 is 10.6 Å². The van der Waals surface area contributed by atoms with Gasteiger partial charge in [0.05, 0.1) is 18.0 Å². The molecule has 0 aromatic carbocycles. The Balaban J connectivity index is 2.47. The highest BCUT2D eigenvalue weighted by Crippen LogP contribution is 2.07. The van der Waals surface area contributed by atoms with E-state index < -0.39 is 4.92 Å². The fourth-order valence-electron chi connectivity index (χ4n) is 1.34. The summed E-state index contributed by atoms with van der Waals surface area (Å²) in [6.45, 7) is 6.58. The predicted octanol–water partition coefficient (Wildman–Crippen LogP) is 0.366. The number of hydrogen-bond donors (Lipinski definition) is 2. The molecule has 0 spiro atoms. The Kier molecular flexibility index (Phi) is 5.62. The van der Waals surface area contributed by atoms with Gasteiger partial charge in [-0.25, -0.2) is 0 Å². The Bertz CT molecular complexity index is 406. The minimum atomic E-state index is -0.463. The number of aliphatic imine (C=N–C) groups is 1. The average molecular weight is 254 g/mol. The lowest BCUT2D eigenvalue weighted by Crippen LogP contribution is -2.37. The molecular formula is C10H18N6O2. The summed E-state index contributed by atoms with van der Waals surface area (Å²) in [5.74, 6) is 0.738. The maximum atomic E-state index is 10.5. The molecule has 1 aromatic heterocycles. The van der Waals surface area contributed by atoms with Gasteiger partial charge in [-0.2, -0.15) is 5.10 Å². The summed E-state index contributed by atoms with van der Waals surface area (Å²) in [6, 6.07) is 0. The van der Waals surface area contributed by atoms with E-state index in [1.165, 1.54) is 17.1 Å². The van der Waals surface area contributed by atoms with E-state index in [0.717, 1.165) is 19.0 Å². The lowest BCUT2D eigenvalue weighted by Gasteiger charge is -2.08. The molecule has 0 bridgehead atoms. The molecule has 1 aromatic rings. The highest BCUT2D eigenvalue weighted by Gasteiger charge is 2.07. The van der Waals surface area contributed by atoms with E-state index in [1.807, 2.05) is 13.8 Å². The third kappa shape index (κ3) is 4.40. The van der Waals surface area contributed by atoms with E-state index in [9.17, 15) is 10.1 Å². The first kappa shape index (κ1) is 13.9. The van der Waals surface area contributed by atoms with Gasteiger partial charge in [-0.15, -0.1) is 0 Å². The second-order valence-electron chi connectivity index (χ2n) is 3.51. The van der Waals surface area contributed by atoms with Crippen molar-refractivity contribution in [3.63, 3.8) is 0 Å². The largest absolute Gasteiger partial charge is 0.357 e. The Labute approximate surface area is 105 Å². The van der Waals surface area contributed by atoms with Gasteiger partial charge in [-0.1, -0.05) is 0 Å². The number of rotatable bonds is 6. The molecule has 0 amide bonds. The fraction of sp³-hybridized carbons (Fsp3) is 0.600. The van der Waals surface area contributed by atoms with Crippen LogP contribution in [0.4, 0.5) is 5.69 Å². The third-order valence-electron chi connectivity index (χ3n) is 2.12. The van der Waals surface area contributed by atoms with Crippen LogP contribution >= 0.6 is 0 Å². The van der Waals surface area contributed by atoms with Crippen molar-refractivity contribution >= 4 is 11.6 Å². The van der Waals surface area contributed by atoms with Crippen LogP contribution in [0.1, 0.15) is 13.8 Å². The number of hydrogen-bond acceptors (Lipinski definition) is 4. The SMILES string of the molecule is CCNC(=NCCn1cc([N+](=O)[O-])cn1)NCC. The first-order valence-corrected chi connectivity index (χ1v) is 5.86. The summed E-state index contributed by atoms with van der Waals surface area (Å²) in [4.78, 5) is 14.3. The molecule has 2 N–H and O–H groups in total. The number of nitro groups is 1. The van der Waals surface area contributed by atoms with Gasteiger partial charge in [-0.3, -0.25) is 19.8 Å². The molecule has 1 heterocycles. The first-order chi connectivity index (χ1) is 8.67. The van der Waals surface area contributed by atoms with Gasteiger partial charge in [0.15, 0.2) is 5.96 Å². The van der Waals surface area contributed by atoms with Gasteiger partial charge >= 0.3 is 5.69 Å². The third-order valence-corrected chi connectivity index (χ3v) is 2.12. The van der Waals surface area contributed by atoms with E-state index in [4.69, 9.17) is 0 Å². The van der Waals surface area contributed by atoms with Crippen molar-refractivity contribution in [2.24, 2.45) is 4.99 Å². The van der Waals surface area contributed by atoms with Crippen LogP contribution in [0.5, 0.6) is 0 Å². The van der Waals surface area contributed by atoms with E-state index in [-0.39, 0.29) is 5.69 Å². The van der Waals surface area contributed by atoms with Crippen LogP contribution in [0.25, 0.3) is 0 Å². The smallest absolute Gasteiger partial charge is 0.306 e. The number of guanidine groups is 1. The van der Waals surface area contributed by atoms with Gasteiger partial charge in [0.25, 0.3) is 0 Å². The van der Waals surface area contributed by atoms with Crippen LogP contribution in [0.3, 0.4) is 0 Å². The number of nitrogens with one attached hydrogen (secondary N) is 2. The molecule has 0 aliphatic carbocycles. The molecule has 8 nitrogen and oxygen atoms in total. The zero-order valence-corrected chi connectivity index (χ0v) is 10.6. The zero-order chi connectivity index (χ0) is 13.4. The van der Waals surface area contributed by atoms with Crippen molar-refractivity contribution in [2.45, 2.75) is 20.4 Å². The van der Waals surface area contributed by atoms with Crippen molar-refractivity contribution < 1.29 is 4.92 Å². The Morgan fingerprint density at radius 3 is 2.67 bits per heavy atom. The highest BCUT2D eigenvalue weighted by atomic mass is 16.6. The van der Waals surface area contributed by atoms with E-state index >= 15 is 0 Å². The van der Waals surface area contributed by atoms with Gasteiger partial charge in [0.2, 0.25) is 0 Å². The molecule has 0 saturated heterocycles. The molecule has 0 unspecified atom stereocenters. The molecule has 0 saturated carbocycles. The van der Waals surface area contributed by atoms with Crippen molar-refractivity contribution in [3.05, 3.63) is 22.5 Å². The molecule has 18 heavy (non-hydrogen) atoms. The molecule has 0 fully saturated rings. The first-order valence-electron chi connectivity index (χ1n) is 5.86. The van der Waals surface area contributed by atoms with E-state index in [1.54, 1.807) is 0 Å². The normalized spacial score (nSPS) is 9.89. The quantitative estimate of drug-likeness (QED) is 0.331. The molecule has 1 rings (SSSR count). The minimum absolute atomic E-state index is 0.00225. The van der Waals surface area contributed by atoms with Crippen LogP contribution in [-0.2, 0) is 6.54 Å². The summed E-state index contributed by atoms with van der Waals surface area (Å²) in [5.41, 5.74) is -0.00225. The van der Waals surface area contributed by atoms with Crippen molar-refractivity contribution in [1.29, 1.82) is 0 Å². The van der Waals surface area contributed by atoms with Crippen molar-refractivity contribution in [3.8, 4) is 0 Å². The molecule has 8 heteroatoms. The van der Waals surface area contributed by atoms with Crippen LogP contribution in [0.15, 0.2) is 17.4 Å². The lowest BCUT2D eigenvalue weighted by atomic mass is 10.6. The number of nitrogens with zero attached hydrogens (tertiary/aromatic N) is 4.